The Bertz CT molecular complexity index is 1100. The molecule has 1 heterocycles. The molecule has 0 amide bonds. The van der Waals surface area contributed by atoms with Crippen molar-refractivity contribution in [3.63, 3.8) is 0 Å². The summed E-state index contributed by atoms with van der Waals surface area (Å²) in [6, 6.07) is 10.3. The third-order valence-electron chi connectivity index (χ3n) is 4.01. The topological polar surface area (TPSA) is 76.7 Å². The number of methoxy groups -OCH3 is 1. The predicted molar refractivity (Wildman–Crippen MR) is 110 cm³/mol. The maximum Gasteiger partial charge on any atom is 0.282 e. The predicted octanol–water partition coefficient (Wildman–Crippen LogP) is 4.05. The van der Waals surface area contributed by atoms with Crippen LogP contribution >= 0.6 is 15.9 Å². The molecular formula is C20H20BrN3O3. The quantitative estimate of drug-likeness (QED) is 0.636. The van der Waals surface area contributed by atoms with Crippen molar-refractivity contribution in [1.82, 2.24) is 9.66 Å². The first-order valence-corrected chi connectivity index (χ1v) is 9.14. The van der Waals surface area contributed by atoms with E-state index < -0.39 is 0 Å². The molecule has 27 heavy (non-hydrogen) atoms. The molecule has 0 aliphatic rings. The minimum absolute atomic E-state index is 0.0411. The molecular weight excluding hydrogens is 410 g/mol. The number of hydrogen-bond donors (Lipinski definition) is 1. The van der Waals surface area contributed by atoms with Crippen molar-refractivity contribution in [1.29, 1.82) is 0 Å². The molecule has 0 fully saturated rings. The Labute approximate surface area is 165 Å². The minimum Gasteiger partial charge on any atom is -0.504 e. The second-order valence-electron chi connectivity index (χ2n) is 7.14. The van der Waals surface area contributed by atoms with Gasteiger partial charge >= 0.3 is 0 Å². The van der Waals surface area contributed by atoms with Crippen LogP contribution in [0.5, 0.6) is 11.5 Å². The number of benzene rings is 2. The zero-order valence-electron chi connectivity index (χ0n) is 15.5. The average Bonchev–Trinajstić information content (AvgIpc) is 2.61. The van der Waals surface area contributed by atoms with E-state index in [1.165, 1.54) is 17.9 Å². The van der Waals surface area contributed by atoms with E-state index >= 15 is 0 Å². The lowest BCUT2D eigenvalue weighted by Crippen LogP contribution is -2.29. The van der Waals surface area contributed by atoms with Crippen LogP contribution in [0, 0.1) is 0 Å². The normalized spacial score (nSPS) is 12.0. The lowest BCUT2D eigenvalue weighted by Gasteiger charge is -2.20. The Morgan fingerprint density at radius 3 is 2.63 bits per heavy atom. The van der Waals surface area contributed by atoms with Gasteiger partial charge in [0.25, 0.3) is 5.56 Å². The van der Waals surface area contributed by atoms with Gasteiger partial charge in [0.1, 0.15) is 5.82 Å². The van der Waals surface area contributed by atoms with Crippen molar-refractivity contribution >= 4 is 33.0 Å². The van der Waals surface area contributed by atoms with E-state index in [9.17, 15) is 9.90 Å². The van der Waals surface area contributed by atoms with Crippen molar-refractivity contribution < 1.29 is 9.84 Å². The van der Waals surface area contributed by atoms with Crippen molar-refractivity contribution in [3.05, 3.63) is 62.6 Å². The second kappa shape index (κ2) is 7.15. The van der Waals surface area contributed by atoms with E-state index in [0.717, 1.165) is 4.47 Å². The number of phenolic OH excluding ortho intramolecular Hbond substituents is 1. The zero-order valence-corrected chi connectivity index (χ0v) is 17.1. The first kappa shape index (κ1) is 19.1. The number of nitrogens with zero attached hydrogens (tertiary/aromatic N) is 3. The summed E-state index contributed by atoms with van der Waals surface area (Å²) in [4.78, 5) is 17.7. The Morgan fingerprint density at radius 1 is 1.22 bits per heavy atom. The van der Waals surface area contributed by atoms with Gasteiger partial charge < -0.3 is 9.84 Å². The van der Waals surface area contributed by atoms with Gasteiger partial charge in [-0.3, -0.25) is 4.79 Å². The lowest BCUT2D eigenvalue weighted by molar-refractivity contribution is 0.373. The molecule has 1 N–H and O–H groups in total. The minimum atomic E-state index is -0.385. The smallest absolute Gasteiger partial charge is 0.282 e. The van der Waals surface area contributed by atoms with Gasteiger partial charge in [0, 0.05) is 9.89 Å². The van der Waals surface area contributed by atoms with E-state index in [4.69, 9.17) is 4.74 Å². The summed E-state index contributed by atoms with van der Waals surface area (Å²) in [6.45, 7) is 5.94. The van der Waals surface area contributed by atoms with Crippen LogP contribution in [0.2, 0.25) is 0 Å². The molecule has 0 unspecified atom stereocenters. The Hall–Kier alpha value is -2.67. The van der Waals surface area contributed by atoms with Crippen LogP contribution in [0.3, 0.4) is 0 Å². The lowest BCUT2D eigenvalue weighted by atomic mass is 9.95. The van der Waals surface area contributed by atoms with Crippen molar-refractivity contribution in [2.24, 2.45) is 5.10 Å². The summed E-state index contributed by atoms with van der Waals surface area (Å²) >= 11 is 3.40. The number of rotatable bonds is 3. The fourth-order valence-corrected chi connectivity index (χ4v) is 3.00. The summed E-state index contributed by atoms with van der Waals surface area (Å²) < 4.78 is 7.24. The first-order chi connectivity index (χ1) is 12.7. The number of halogens is 1. The number of aromatic hydroxyl groups is 1. The fraction of sp³-hybridized carbons (Fsp3) is 0.250. The summed E-state index contributed by atoms with van der Waals surface area (Å²) in [5, 5.41) is 14.6. The first-order valence-electron chi connectivity index (χ1n) is 8.35. The van der Waals surface area contributed by atoms with Crippen LogP contribution in [-0.4, -0.2) is 28.1 Å². The molecule has 2 aromatic carbocycles. The highest BCUT2D eigenvalue weighted by Crippen LogP contribution is 2.26. The molecule has 0 aliphatic heterocycles. The molecule has 0 aliphatic carbocycles. The van der Waals surface area contributed by atoms with Crippen molar-refractivity contribution in [2.75, 3.05) is 7.11 Å². The highest BCUT2D eigenvalue weighted by Gasteiger charge is 2.22. The molecule has 3 aromatic rings. The standard InChI is InChI=1S/C20H20BrN3O3/c1-20(2,3)19-23-15-7-6-13(21)10-14(15)18(26)24(19)22-11-12-5-8-16(25)17(9-12)27-4/h5-11,25H,1-4H3. The molecule has 0 radical (unpaired) electrons. The fourth-order valence-electron chi connectivity index (χ4n) is 2.64. The molecule has 3 rings (SSSR count). The summed E-state index contributed by atoms with van der Waals surface area (Å²) in [5.41, 5.74) is 0.689. The van der Waals surface area contributed by atoms with Gasteiger partial charge in [0.05, 0.1) is 24.2 Å². The Balaban J connectivity index is 2.20. The van der Waals surface area contributed by atoms with Gasteiger partial charge in [-0.2, -0.15) is 9.78 Å². The molecule has 0 atom stereocenters. The zero-order chi connectivity index (χ0) is 19.8. The van der Waals surface area contributed by atoms with E-state index in [1.807, 2.05) is 32.9 Å². The Morgan fingerprint density at radius 2 is 1.96 bits per heavy atom. The van der Waals surface area contributed by atoms with Gasteiger partial charge in [-0.1, -0.05) is 36.7 Å². The number of hydrogen-bond acceptors (Lipinski definition) is 5. The van der Waals surface area contributed by atoms with E-state index in [2.05, 4.69) is 26.0 Å². The molecule has 0 spiro atoms. The van der Waals surface area contributed by atoms with Gasteiger partial charge in [-0.15, -0.1) is 0 Å². The number of phenols is 1. The number of aromatic nitrogens is 2. The molecule has 0 saturated carbocycles. The van der Waals surface area contributed by atoms with Gasteiger partial charge in [-0.25, -0.2) is 4.98 Å². The third kappa shape index (κ3) is 3.88. The number of fused-ring (bicyclic) bond motifs is 1. The highest BCUT2D eigenvalue weighted by molar-refractivity contribution is 9.10. The van der Waals surface area contributed by atoms with Crippen LogP contribution in [0.4, 0.5) is 0 Å². The number of ether oxygens (including phenoxy) is 1. The van der Waals surface area contributed by atoms with Crippen LogP contribution in [0.15, 0.2) is 50.8 Å². The summed E-state index contributed by atoms with van der Waals surface area (Å²) in [5.74, 6) is 0.937. The van der Waals surface area contributed by atoms with Crippen LogP contribution in [0.1, 0.15) is 32.2 Å². The summed E-state index contributed by atoms with van der Waals surface area (Å²) in [6.07, 6.45) is 1.55. The molecule has 140 valence electrons. The second-order valence-corrected chi connectivity index (χ2v) is 8.06. The maximum atomic E-state index is 13.1. The maximum absolute atomic E-state index is 13.1. The van der Waals surface area contributed by atoms with E-state index in [1.54, 1.807) is 24.4 Å². The monoisotopic (exact) mass is 429 g/mol. The van der Waals surface area contributed by atoms with Gasteiger partial charge in [0.15, 0.2) is 11.5 Å². The highest BCUT2D eigenvalue weighted by atomic mass is 79.9. The molecule has 0 saturated heterocycles. The van der Waals surface area contributed by atoms with Crippen molar-refractivity contribution in [2.45, 2.75) is 26.2 Å². The third-order valence-corrected chi connectivity index (χ3v) is 4.50. The van der Waals surface area contributed by atoms with Gasteiger partial charge in [0.2, 0.25) is 0 Å². The molecule has 6 nitrogen and oxygen atoms in total. The van der Waals surface area contributed by atoms with Crippen molar-refractivity contribution in [3.8, 4) is 11.5 Å². The molecule has 0 bridgehead atoms. The SMILES string of the molecule is COc1cc(C=Nn2c(C(C)(C)C)nc3ccc(Br)cc3c2=O)ccc1O. The van der Waals surface area contributed by atoms with E-state index in [-0.39, 0.29) is 16.7 Å². The molecule has 7 heteroatoms. The van der Waals surface area contributed by atoms with Crippen LogP contribution in [0.25, 0.3) is 10.9 Å². The Kier molecular flexibility index (Phi) is 5.06. The average molecular weight is 430 g/mol. The van der Waals surface area contributed by atoms with Gasteiger partial charge in [-0.05, 0) is 42.0 Å². The molecule has 1 aromatic heterocycles. The van der Waals surface area contributed by atoms with Crippen LogP contribution < -0.4 is 10.3 Å². The largest absolute Gasteiger partial charge is 0.504 e. The van der Waals surface area contributed by atoms with E-state index in [0.29, 0.717) is 28.0 Å². The summed E-state index contributed by atoms with van der Waals surface area (Å²) in [7, 11) is 1.48. The van der Waals surface area contributed by atoms with Crippen LogP contribution in [-0.2, 0) is 5.41 Å².